The first-order chi connectivity index (χ1) is 10.1. The number of carboxylic acids is 1. The molecule has 0 unspecified atom stereocenters. The molecule has 0 amide bonds. The van der Waals surface area contributed by atoms with Crippen molar-refractivity contribution in [2.75, 3.05) is 10.6 Å². The second kappa shape index (κ2) is 5.40. The Morgan fingerprint density at radius 3 is 2.71 bits per heavy atom. The molecule has 3 rings (SSSR count). The number of aryl methyl sites for hydroxylation is 1. The topological polar surface area (TPSA) is 87.1 Å². The maximum absolute atomic E-state index is 11.0. The molecule has 6 heteroatoms. The summed E-state index contributed by atoms with van der Waals surface area (Å²) < 4.78 is 0. The molecule has 0 atom stereocenters. The Hall–Kier alpha value is -2.63. The number of aromatic nitrogens is 2. The predicted molar refractivity (Wildman–Crippen MR) is 80.1 cm³/mol. The third-order valence-electron chi connectivity index (χ3n) is 3.15. The van der Waals surface area contributed by atoms with E-state index in [1.807, 2.05) is 13.0 Å². The summed E-state index contributed by atoms with van der Waals surface area (Å²) in [5.74, 6) is 1.15. The summed E-state index contributed by atoms with van der Waals surface area (Å²) in [6.45, 7) is 1.83. The summed E-state index contributed by atoms with van der Waals surface area (Å²) >= 11 is 0. The van der Waals surface area contributed by atoms with Crippen LogP contribution < -0.4 is 10.6 Å². The number of carboxylic acid groups (broad SMARTS) is 1. The largest absolute Gasteiger partial charge is 0.478 e. The Morgan fingerprint density at radius 1 is 1.24 bits per heavy atom. The van der Waals surface area contributed by atoms with E-state index in [0.29, 0.717) is 23.4 Å². The van der Waals surface area contributed by atoms with Gasteiger partial charge in [-0.05, 0) is 38.0 Å². The number of hydrogen-bond donors (Lipinski definition) is 3. The van der Waals surface area contributed by atoms with E-state index < -0.39 is 5.97 Å². The van der Waals surface area contributed by atoms with E-state index in [1.54, 1.807) is 24.3 Å². The lowest BCUT2D eigenvalue weighted by atomic mass is 10.2. The average Bonchev–Trinajstić information content (AvgIpc) is 3.22. The summed E-state index contributed by atoms with van der Waals surface area (Å²) in [5, 5.41) is 15.5. The zero-order valence-electron chi connectivity index (χ0n) is 11.6. The predicted octanol–water partition coefficient (Wildman–Crippen LogP) is 2.80. The molecule has 1 aliphatic carbocycles. The van der Waals surface area contributed by atoms with Crippen LogP contribution in [0.3, 0.4) is 0 Å². The fourth-order valence-electron chi connectivity index (χ4n) is 2.02. The number of aromatic carboxylic acids is 1. The standard InChI is InChI=1S/C15H16N4O2/c1-9-16-13(18-11-5-6-11)8-14(17-9)19-12-4-2-3-10(7-12)15(20)21/h2-4,7-8,11H,5-6H2,1H3,(H,20,21)(H2,16,17,18,19). The van der Waals surface area contributed by atoms with E-state index in [9.17, 15) is 4.79 Å². The number of nitrogens with one attached hydrogen (secondary N) is 2. The smallest absolute Gasteiger partial charge is 0.335 e. The number of benzene rings is 1. The highest BCUT2D eigenvalue weighted by molar-refractivity contribution is 5.89. The lowest BCUT2D eigenvalue weighted by Gasteiger charge is -2.10. The molecule has 21 heavy (non-hydrogen) atoms. The highest BCUT2D eigenvalue weighted by atomic mass is 16.4. The fourth-order valence-corrected chi connectivity index (χ4v) is 2.02. The lowest BCUT2D eigenvalue weighted by Crippen LogP contribution is -2.06. The van der Waals surface area contributed by atoms with Gasteiger partial charge in [-0.25, -0.2) is 14.8 Å². The molecule has 0 aliphatic heterocycles. The Labute approximate surface area is 122 Å². The van der Waals surface area contributed by atoms with Crippen molar-refractivity contribution in [2.45, 2.75) is 25.8 Å². The number of anilines is 3. The van der Waals surface area contributed by atoms with Gasteiger partial charge in [0.05, 0.1) is 5.56 Å². The van der Waals surface area contributed by atoms with Crippen LogP contribution in [0.2, 0.25) is 0 Å². The van der Waals surface area contributed by atoms with Crippen molar-refractivity contribution in [2.24, 2.45) is 0 Å². The van der Waals surface area contributed by atoms with Crippen LogP contribution in [0.15, 0.2) is 30.3 Å². The Kier molecular flexibility index (Phi) is 3.43. The van der Waals surface area contributed by atoms with Crippen molar-refractivity contribution in [3.8, 4) is 0 Å². The molecule has 1 aromatic heterocycles. The third-order valence-corrected chi connectivity index (χ3v) is 3.15. The minimum Gasteiger partial charge on any atom is -0.478 e. The van der Waals surface area contributed by atoms with Gasteiger partial charge in [-0.3, -0.25) is 0 Å². The van der Waals surface area contributed by atoms with Crippen LogP contribution in [0.5, 0.6) is 0 Å². The van der Waals surface area contributed by atoms with E-state index in [1.165, 1.54) is 12.8 Å². The molecule has 0 spiro atoms. The monoisotopic (exact) mass is 284 g/mol. The molecule has 0 saturated heterocycles. The summed E-state index contributed by atoms with van der Waals surface area (Å²) in [7, 11) is 0. The SMILES string of the molecule is Cc1nc(Nc2cccc(C(=O)O)c2)cc(NC2CC2)n1. The molecule has 1 saturated carbocycles. The number of hydrogen-bond acceptors (Lipinski definition) is 5. The maximum Gasteiger partial charge on any atom is 0.335 e. The molecule has 0 radical (unpaired) electrons. The zero-order valence-corrected chi connectivity index (χ0v) is 11.6. The Bertz CT molecular complexity index is 683. The van der Waals surface area contributed by atoms with Crippen LogP contribution in [0.4, 0.5) is 17.3 Å². The van der Waals surface area contributed by atoms with Crippen molar-refractivity contribution < 1.29 is 9.90 Å². The second-order valence-electron chi connectivity index (χ2n) is 5.12. The van der Waals surface area contributed by atoms with E-state index in [0.717, 1.165) is 5.82 Å². The van der Waals surface area contributed by atoms with Gasteiger partial charge in [0.1, 0.15) is 17.5 Å². The van der Waals surface area contributed by atoms with Gasteiger partial charge in [0.25, 0.3) is 0 Å². The van der Waals surface area contributed by atoms with Crippen molar-refractivity contribution in [1.29, 1.82) is 0 Å². The van der Waals surface area contributed by atoms with Gasteiger partial charge >= 0.3 is 5.97 Å². The molecular weight excluding hydrogens is 268 g/mol. The van der Waals surface area contributed by atoms with Crippen LogP contribution in [-0.2, 0) is 0 Å². The van der Waals surface area contributed by atoms with Gasteiger partial charge in [-0.1, -0.05) is 6.07 Å². The quantitative estimate of drug-likeness (QED) is 0.782. The zero-order chi connectivity index (χ0) is 14.8. The molecule has 2 aromatic rings. The Morgan fingerprint density at radius 2 is 2.00 bits per heavy atom. The van der Waals surface area contributed by atoms with Crippen molar-refractivity contribution in [3.63, 3.8) is 0 Å². The van der Waals surface area contributed by atoms with Gasteiger partial charge in [0, 0.05) is 17.8 Å². The molecule has 0 bridgehead atoms. The van der Waals surface area contributed by atoms with E-state index in [-0.39, 0.29) is 5.56 Å². The Balaban J connectivity index is 1.81. The molecule has 108 valence electrons. The number of nitrogens with zero attached hydrogens (tertiary/aromatic N) is 2. The highest BCUT2D eigenvalue weighted by Crippen LogP contribution is 2.25. The van der Waals surface area contributed by atoms with Gasteiger partial charge in [-0.2, -0.15) is 0 Å². The molecule has 3 N–H and O–H groups in total. The fraction of sp³-hybridized carbons (Fsp3) is 0.267. The van der Waals surface area contributed by atoms with E-state index in [4.69, 9.17) is 5.11 Å². The van der Waals surface area contributed by atoms with Gasteiger partial charge in [0.2, 0.25) is 0 Å². The summed E-state index contributed by atoms with van der Waals surface area (Å²) in [6, 6.07) is 8.98. The molecular formula is C15H16N4O2. The van der Waals surface area contributed by atoms with E-state index >= 15 is 0 Å². The average molecular weight is 284 g/mol. The first-order valence-electron chi connectivity index (χ1n) is 6.83. The number of carbonyl (C=O) groups is 1. The number of rotatable bonds is 5. The third kappa shape index (κ3) is 3.47. The first kappa shape index (κ1) is 13.4. The van der Waals surface area contributed by atoms with Crippen LogP contribution in [-0.4, -0.2) is 27.1 Å². The van der Waals surface area contributed by atoms with Crippen LogP contribution >= 0.6 is 0 Å². The van der Waals surface area contributed by atoms with Crippen molar-refractivity contribution in [3.05, 3.63) is 41.7 Å². The van der Waals surface area contributed by atoms with Crippen molar-refractivity contribution >= 4 is 23.3 Å². The maximum atomic E-state index is 11.0. The normalized spacial score (nSPS) is 13.8. The molecule has 1 aliphatic rings. The molecule has 1 fully saturated rings. The van der Waals surface area contributed by atoms with E-state index in [2.05, 4.69) is 20.6 Å². The molecule has 6 nitrogen and oxygen atoms in total. The lowest BCUT2D eigenvalue weighted by molar-refractivity contribution is 0.0697. The van der Waals surface area contributed by atoms with Crippen LogP contribution in [0.25, 0.3) is 0 Å². The van der Waals surface area contributed by atoms with Crippen LogP contribution in [0.1, 0.15) is 29.0 Å². The first-order valence-corrected chi connectivity index (χ1v) is 6.83. The van der Waals surface area contributed by atoms with Gasteiger partial charge in [0.15, 0.2) is 0 Å². The highest BCUT2D eigenvalue weighted by Gasteiger charge is 2.21. The summed E-state index contributed by atoms with van der Waals surface area (Å²) in [6.07, 6.45) is 2.35. The van der Waals surface area contributed by atoms with Crippen LogP contribution in [0, 0.1) is 6.92 Å². The summed E-state index contributed by atoms with van der Waals surface area (Å²) in [4.78, 5) is 19.6. The molecule has 1 heterocycles. The van der Waals surface area contributed by atoms with Gasteiger partial charge in [-0.15, -0.1) is 0 Å². The molecule has 1 aromatic carbocycles. The minimum atomic E-state index is -0.950. The minimum absolute atomic E-state index is 0.238. The second-order valence-corrected chi connectivity index (χ2v) is 5.12. The van der Waals surface area contributed by atoms with Crippen molar-refractivity contribution in [1.82, 2.24) is 9.97 Å². The summed E-state index contributed by atoms with van der Waals surface area (Å²) in [5.41, 5.74) is 0.924. The van der Waals surface area contributed by atoms with Gasteiger partial charge < -0.3 is 15.7 Å².